The molecule has 12 heteroatoms. The van der Waals surface area contributed by atoms with Crippen molar-refractivity contribution in [1.82, 2.24) is 4.90 Å². The standard InChI is InChI=1S/C22H21N3O7S2/c1-31-16-10-13(11-17(32-2)20(16)27)12-18-21(28)24(22(33)34-18)9-3-4-19(26)23-14-5-7-15(8-6-14)25(29)30/h5-8,10-12,27H,3-4,9H2,1-2H3,(H,23,26)/b18-12-. The number of nitrogens with one attached hydrogen (secondary N) is 1. The smallest absolute Gasteiger partial charge is 0.269 e. The number of carbonyl (C=O) groups is 2. The van der Waals surface area contributed by atoms with Gasteiger partial charge in [0.05, 0.1) is 24.0 Å². The molecule has 0 bridgehead atoms. The Morgan fingerprint density at radius 1 is 1.24 bits per heavy atom. The first-order valence-corrected chi connectivity index (χ1v) is 11.2. The van der Waals surface area contributed by atoms with Crippen LogP contribution in [0.15, 0.2) is 41.3 Å². The Bertz CT molecular complexity index is 1140. The SMILES string of the molecule is COc1cc(/C=C2\SC(=S)N(CCCC(=O)Nc3ccc([N+](=O)[O-])cc3)C2=O)cc(OC)c1O. The molecule has 1 saturated heterocycles. The fourth-order valence-electron chi connectivity index (χ4n) is 3.13. The van der Waals surface area contributed by atoms with Crippen LogP contribution in [0.1, 0.15) is 18.4 Å². The summed E-state index contributed by atoms with van der Waals surface area (Å²) < 4.78 is 10.7. The second-order valence-electron chi connectivity index (χ2n) is 7.06. The fraction of sp³-hybridized carbons (Fsp3) is 0.227. The van der Waals surface area contributed by atoms with Gasteiger partial charge in [0.2, 0.25) is 11.7 Å². The molecule has 1 aliphatic rings. The van der Waals surface area contributed by atoms with Crippen molar-refractivity contribution in [2.75, 3.05) is 26.1 Å². The summed E-state index contributed by atoms with van der Waals surface area (Å²) in [7, 11) is 2.82. The normalized spacial score (nSPS) is 14.4. The van der Waals surface area contributed by atoms with Crippen LogP contribution >= 0.6 is 24.0 Å². The molecule has 0 atom stereocenters. The summed E-state index contributed by atoms with van der Waals surface area (Å²) in [6.45, 7) is 0.262. The Morgan fingerprint density at radius 2 is 1.85 bits per heavy atom. The van der Waals surface area contributed by atoms with Crippen molar-refractivity contribution < 1.29 is 29.1 Å². The zero-order valence-electron chi connectivity index (χ0n) is 18.3. The third-order valence-corrected chi connectivity index (χ3v) is 6.20. The minimum Gasteiger partial charge on any atom is -0.502 e. The van der Waals surface area contributed by atoms with Gasteiger partial charge in [0.1, 0.15) is 4.32 Å². The number of carbonyl (C=O) groups excluding carboxylic acids is 2. The number of methoxy groups -OCH3 is 2. The topological polar surface area (TPSA) is 131 Å². The highest BCUT2D eigenvalue weighted by molar-refractivity contribution is 8.26. The van der Waals surface area contributed by atoms with Gasteiger partial charge in [-0.3, -0.25) is 24.6 Å². The molecule has 1 heterocycles. The van der Waals surface area contributed by atoms with E-state index in [0.29, 0.717) is 26.9 Å². The number of nitro groups is 1. The first-order valence-electron chi connectivity index (χ1n) is 9.98. The molecule has 3 rings (SSSR count). The minimum atomic E-state index is -0.517. The first kappa shape index (κ1) is 25.0. The van der Waals surface area contributed by atoms with Gasteiger partial charge in [0, 0.05) is 30.8 Å². The molecular weight excluding hydrogens is 482 g/mol. The van der Waals surface area contributed by atoms with Crippen molar-refractivity contribution in [1.29, 1.82) is 0 Å². The molecule has 178 valence electrons. The average Bonchev–Trinajstić information content (AvgIpc) is 3.07. The molecule has 0 radical (unpaired) electrons. The number of benzene rings is 2. The van der Waals surface area contributed by atoms with Crippen LogP contribution in [0.25, 0.3) is 6.08 Å². The third-order valence-electron chi connectivity index (χ3n) is 4.82. The summed E-state index contributed by atoms with van der Waals surface area (Å²) in [5.74, 6) is -0.281. The van der Waals surface area contributed by atoms with Crippen LogP contribution in [0.3, 0.4) is 0 Å². The zero-order chi connectivity index (χ0) is 24.8. The highest BCUT2D eigenvalue weighted by atomic mass is 32.2. The van der Waals surface area contributed by atoms with Gasteiger partial charge in [-0.05, 0) is 42.3 Å². The monoisotopic (exact) mass is 503 g/mol. The Kier molecular flexibility index (Phi) is 8.08. The van der Waals surface area contributed by atoms with Gasteiger partial charge in [-0.2, -0.15) is 0 Å². The number of thiocarbonyl (C=S) groups is 1. The van der Waals surface area contributed by atoms with E-state index in [1.807, 2.05) is 0 Å². The number of aromatic hydroxyl groups is 1. The largest absolute Gasteiger partial charge is 0.502 e. The quantitative estimate of drug-likeness (QED) is 0.226. The number of phenols is 1. The van der Waals surface area contributed by atoms with Crippen molar-refractivity contribution >= 4 is 57.6 Å². The van der Waals surface area contributed by atoms with E-state index in [0.717, 1.165) is 11.8 Å². The lowest BCUT2D eigenvalue weighted by Gasteiger charge is -2.14. The number of nitro benzene ring substituents is 1. The summed E-state index contributed by atoms with van der Waals surface area (Å²) >= 11 is 6.47. The van der Waals surface area contributed by atoms with Crippen LogP contribution in [0.5, 0.6) is 17.2 Å². The van der Waals surface area contributed by atoms with E-state index < -0.39 is 4.92 Å². The molecule has 34 heavy (non-hydrogen) atoms. The number of amides is 2. The number of non-ortho nitro benzene ring substituents is 1. The molecular formula is C22H21N3O7S2. The van der Waals surface area contributed by atoms with E-state index in [1.165, 1.54) is 43.4 Å². The van der Waals surface area contributed by atoms with Crippen LogP contribution in [0.2, 0.25) is 0 Å². The minimum absolute atomic E-state index is 0.0652. The van der Waals surface area contributed by atoms with E-state index in [1.54, 1.807) is 18.2 Å². The van der Waals surface area contributed by atoms with Crippen LogP contribution in [0.4, 0.5) is 11.4 Å². The second kappa shape index (κ2) is 11.0. The van der Waals surface area contributed by atoms with Crippen molar-refractivity contribution in [2.24, 2.45) is 0 Å². The van der Waals surface area contributed by atoms with Gasteiger partial charge >= 0.3 is 0 Å². The lowest BCUT2D eigenvalue weighted by Crippen LogP contribution is -2.29. The number of phenolic OH excluding ortho intramolecular Hbond substituents is 1. The molecule has 1 fully saturated rings. The van der Waals surface area contributed by atoms with Gasteiger partial charge in [-0.15, -0.1) is 0 Å². The van der Waals surface area contributed by atoms with Crippen molar-refractivity contribution in [3.8, 4) is 17.2 Å². The summed E-state index contributed by atoms with van der Waals surface area (Å²) in [6, 6.07) is 8.68. The van der Waals surface area contributed by atoms with E-state index in [-0.39, 0.29) is 47.7 Å². The van der Waals surface area contributed by atoms with E-state index in [2.05, 4.69) is 5.32 Å². The Balaban J connectivity index is 1.59. The summed E-state index contributed by atoms with van der Waals surface area (Å²) in [4.78, 5) is 37.0. The molecule has 0 saturated carbocycles. The van der Waals surface area contributed by atoms with E-state index in [4.69, 9.17) is 21.7 Å². The van der Waals surface area contributed by atoms with Crippen molar-refractivity contribution in [3.63, 3.8) is 0 Å². The maximum Gasteiger partial charge on any atom is 0.269 e. The number of anilines is 1. The summed E-state index contributed by atoms with van der Waals surface area (Å²) in [5, 5.41) is 23.4. The van der Waals surface area contributed by atoms with Gasteiger partial charge in [-0.25, -0.2) is 0 Å². The highest BCUT2D eigenvalue weighted by Gasteiger charge is 2.31. The van der Waals surface area contributed by atoms with Crippen LogP contribution in [-0.4, -0.2) is 51.8 Å². The number of hydrogen-bond acceptors (Lipinski definition) is 9. The second-order valence-corrected chi connectivity index (χ2v) is 8.74. The molecule has 0 spiro atoms. The molecule has 2 amide bonds. The lowest BCUT2D eigenvalue weighted by molar-refractivity contribution is -0.384. The molecule has 2 aromatic rings. The maximum atomic E-state index is 12.8. The van der Waals surface area contributed by atoms with Gasteiger partial charge in [-0.1, -0.05) is 24.0 Å². The summed E-state index contributed by atoms with van der Waals surface area (Å²) in [5.41, 5.74) is 0.975. The average molecular weight is 504 g/mol. The van der Waals surface area contributed by atoms with Gasteiger partial charge in [0.25, 0.3) is 11.6 Å². The molecule has 2 N–H and O–H groups in total. The number of rotatable bonds is 9. The predicted octanol–water partition coefficient (Wildman–Crippen LogP) is 3.94. The van der Waals surface area contributed by atoms with Gasteiger partial charge < -0.3 is 19.9 Å². The van der Waals surface area contributed by atoms with E-state index >= 15 is 0 Å². The summed E-state index contributed by atoms with van der Waals surface area (Å²) in [6.07, 6.45) is 2.14. The Labute approximate surface area is 204 Å². The van der Waals surface area contributed by atoms with E-state index in [9.17, 15) is 24.8 Å². The first-order chi connectivity index (χ1) is 16.2. The number of hydrogen-bond donors (Lipinski definition) is 2. The number of ether oxygens (including phenoxy) is 2. The molecule has 1 aliphatic heterocycles. The molecule has 0 unspecified atom stereocenters. The third kappa shape index (κ3) is 5.83. The van der Waals surface area contributed by atoms with Gasteiger partial charge in [0.15, 0.2) is 11.5 Å². The molecule has 0 aliphatic carbocycles. The number of thioether (sulfide) groups is 1. The Hall–Kier alpha value is -3.64. The zero-order valence-corrected chi connectivity index (χ0v) is 19.9. The maximum absolute atomic E-state index is 12.8. The van der Waals surface area contributed by atoms with Crippen LogP contribution < -0.4 is 14.8 Å². The Morgan fingerprint density at radius 3 is 2.41 bits per heavy atom. The molecule has 2 aromatic carbocycles. The fourth-order valence-corrected chi connectivity index (χ4v) is 4.44. The lowest BCUT2D eigenvalue weighted by atomic mass is 10.1. The van der Waals surface area contributed by atoms with Crippen LogP contribution in [0, 0.1) is 10.1 Å². The van der Waals surface area contributed by atoms with Crippen LogP contribution in [-0.2, 0) is 9.59 Å². The highest BCUT2D eigenvalue weighted by Crippen LogP contribution is 2.39. The van der Waals surface area contributed by atoms with Crippen molar-refractivity contribution in [3.05, 3.63) is 57.0 Å². The van der Waals surface area contributed by atoms with Crippen molar-refractivity contribution in [2.45, 2.75) is 12.8 Å². The molecule has 0 aromatic heterocycles. The predicted molar refractivity (Wildman–Crippen MR) is 132 cm³/mol. The molecule has 10 nitrogen and oxygen atoms in total. The number of nitrogens with zero attached hydrogens (tertiary/aromatic N) is 2.